The van der Waals surface area contributed by atoms with Crippen LogP contribution in [0.5, 0.6) is 0 Å². The molecular formula is C13H21BrN2OS. The fourth-order valence-electron chi connectivity index (χ4n) is 2.52. The molecule has 18 heavy (non-hydrogen) atoms. The maximum Gasteiger partial charge on any atom is 0.0594 e. The van der Waals surface area contributed by atoms with Gasteiger partial charge in [0.15, 0.2) is 0 Å². The smallest absolute Gasteiger partial charge is 0.0594 e. The summed E-state index contributed by atoms with van der Waals surface area (Å²) in [6, 6.07) is 2.12. The Kier molecular flexibility index (Phi) is 4.83. The number of nitrogens with two attached hydrogens (primary N) is 1. The highest BCUT2D eigenvalue weighted by Gasteiger charge is 2.38. The van der Waals surface area contributed by atoms with Gasteiger partial charge in [0.05, 0.1) is 19.3 Å². The summed E-state index contributed by atoms with van der Waals surface area (Å²) in [5.74, 6) is 0. The molecule has 1 aliphatic rings. The second-order valence-electron chi connectivity index (χ2n) is 4.92. The van der Waals surface area contributed by atoms with Crippen molar-refractivity contribution >= 4 is 27.3 Å². The lowest BCUT2D eigenvalue weighted by atomic mass is 9.86. The van der Waals surface area contributed by atoms with Crippen molar-refractivity contribution in [3.63, 3.8) is 0 Å². The summed E-state index contributed by atoms with van der Waals surface area (Å²) in [5.41, 5.74) is 6.56. The summed E-state index contributed by atoms with van der Waals surface area (Å²) in [4.78, 5) is 3.72. The Bertz CT molecular complexity index is 392. The highest BCUT2D eigenvalue weighted by Crippen LogP contribution is 2.38. The van der Waals surface area contributed by atoms with Gasteiger partial charge >= 0.3 is 0 Å². The Morgan fingerprint density at radius 1 is 1.56 bits per heavy atom. The Labute approximate surface area is 121 Å². The molecule has 1 aliphatic heterocycles. The van der Waals surface area contributed by atoms with Gasteiger partial charge in [-0.3, -0.25) is 4.90 Å². The molecule has 1 fully saturated rings. The molecule has 0 aromatic carbocycles. The first-order chi connectivity index (χ1) is 8.59. The molecule has 1 aromatic rings. The number of ether oxygens (including phenoxy) is 1. The zero-order valence-corrected chi connectivity index (χ0v) is 13.4. The number of rotatable bonds is 4. The second kappa shape index (κ2) is 6.01. The molecule has 2 atom stereocenters. The molecule has 2 heterocycles. The minimum absolute atomic E-state index is 0.00282. The van der Waals surface area contributed by atoms with E-state index >= 15 is 0 Å². The van der Waals surface area contributed by atoms with E-state index in [9.17, 15) is 0 Å². The lowest BCUT2D eigenvalue weighted by molar-refractivity contribution is -0.0274. The molecular weight excluding hydrogens is 312 g/mol. The third-order valence-electron chi connectivity index (χ3n) is 4.05. The maximum atomic E-state index is 6.56. The Balaban J connectivity index is 2.22. The number of halogens is 1. The van der Waals surface area contributed by atoms with Gasteiger partial charge in [0, 0.05) is 28.0 Å². The van der Waals surface area contributed by atoms with Crippen LogP contribution >= 0.6 is 27.3 Å². The average Bonchev–Trinajstić information content (AvgIpc) is 2.84. The SMILES string of the molecule is CCC(C)(C(N)c1sccc1Br)N1CCOCC1. The van der Waals surface area contributed by atoms with Crippen molar-refractivity contribution in [1.29, 1.82) is 0 Å². The van der Waals surface area contributed by atoms with E-state index in [1.54, 1.807) is 11.3 Å². The lowest BCUT2D eigenvalue weighted by Crippen LogP contribution is -2.56. The topological polar surface area (TPSA) is 38.5 Å². The molecule has 2 rings (SSSR count). The van der Waals surface area contributed by atoms with Gasteiger partial charge in [0.25, 0.3) is 0 Å². The molecule has 0 spiro atoms. The van der Waals surface area contributed by atoms with Crippen LogP contribution < -0.4 is 5.73 Å². The van der Waals surface area contributed by atoms with Gasteiger partial charge in [0.2, 0.25) is 0 Å². The Hall–Kier alpha value is 0.0600. The summed E-state index contributed by atoms with van der Waals surface area (Å²) in [7, 11) is 0. The predicted octanol–water partition coefficient (Wildman–Crippen LogP) is 3.01. The van der Waals surface area contributed by atoms with E-state index < -0.39 is 0 Å². The first-order valence-electron chi connectivity index (χ1n) is 6.41. The van der Waals surface area contributed by atoms with Gasteiger partial charge in [0.1, 0.15) is 0 Å². The first-order valence-corrected chi connectivity index (χ1v) is 8.08. The molecule has 0 aliphatic carbocycles. The van der Waals surface area contributed by atoms with Crippen LogP contribution in [0.2, 0.25) is 0 Å². The highest BCUT2D eigenvalue weighted by molar-refractivity contribution is 9.10. The molecule has 0 saturated carbocycles. The summed E-state index contributed by atoms with van der Waals surface area (Å²) in [6.45, 7) is 8.07. The summed E-state index contributed by atoms with van der Waals surface area (Å²) < 4.78 is 6.58. The van der Waals surface area contributed by atoms with Crippen molar-refractivity contribution in [3.05, 3.63) is 20.8 Å². The minimum Gasteiger partial charge on any atom is -0.379 e. The van der Waals surface area contributed by atoms with Crippen LogP contribution in [0.15, 0.2) is 15.9 Å². The molecule has 5 heteroatoms. The Morgan fingerprint density at radius 2 is 2.22 bits per heavy atom. The largest absolute Gasteiger partial charge is 0.379 e. The van der Waals surface area contributed by atoms with Crippen molar-refractivity contribution in [2.24, 2.45) is 5.73 Å². The van der Waals surface area contributed by atoms with Crippen molar-refractivity contribution < 1.29 is 4.74 Å². The molecule has 1 saturated heterocycles. The number of morpholine rings is 1. The number of hydrogen-bond acceptors (Lipinski definition) is 4. The second-order valence-corrected chi connectivity index (χ2v) is 6.72. The van der Waals surface area contributed by atoms with E-state index in [1.807, 2.05) is 0 Å². The standard InChI is InChI=1S/C13H21BrN2OS/c1-3-13(2,16-5-7-17-8-6-16)12(15)11-10(14)4-9-18-11/h4,9,12H,3,5-8,15H2,1-2H3. The van der Waals surface area contributed by atoms with Crippen LogP contribution in [0.4, 0.5) is 0 Å². The van der Waals surface area contributed by atoms with Crippen LogP contribution in [0.3, 0.4) is 0 Å². The van der Waals surface area contributed by atoms with Crippen molar-refractivity contribution in [1.82, 2.24) is 4.90 Å². The quantitative estimate of drug-likeness (QED) is 0.921. The van der Waals surface area contributed by atoms with Gasteiger partial charge in [-0.05, 0) is 40.7 Å². The van der Waals surface area contributed by atoms with Gasteiger partial charge in [-0.1, -0.05) is 6.92 Å². The van der Waals surface area contributed by atoms with E-state index in [0.717, 1.165) is 37.2 Å². The zero-order chi connectivity index (χ0) is 13.2. The van der Waals surface area contributed by atoms with Crippen LogP contribution in [0.1, 0.15) is 31.2 Å². The molecule has 1 aromatic heterocycles. The predicted molar refractivity (Wildman–Crippen MR) is 80.0 cm³/mol. The molecule has 2 N–H and O–H groups in total. The molecule has 0 amide bonds. The number of hydrogen-bond donors (Lipinski definition) is 1. The van der Waals surface area contributed by atoms with E-state index in [2.05, 4.69) is 46.1 Å². The summed E-state index contributed by atoms with van der Waals surface area (Å²) in [5, 5.41) is 2.09. The lowest BCUT2D eigenvalue weighted by Gasteiger charge is -2.46. The van der Waals surface area contributed by atoms with Gasteiger partial charge in [-0.2, -0.15) is 0 Å². The van der Waals surface area contributed by atoms with Gasteiger partial charge in [-0.15, -0.1) is 11.3 Å². The zero-order valence-electron chi connectivity index (χ0n) is 11.0. The fourth-order valence-corrected chi connectivity index (χ4v) is 4.29. The van der Waals surface area contributed by atoms with E-state index in [4.69, 9.17) is 10.5 Å². The van der Waals surface area contributed by atoms with E-state index in [0.29, 0.717) is 0 Å². The highest BCUT2D eigenvalue weighted by atomic mass is 79.9. The van der Waals surface area contributed by atoms with Crippen LogP contribution in [-0.2, 0) is 4.74 Å². The van der Waals surface area contributed by atoms with Crippen molar-refractivity contribution in [2.75, 3.05) is 26.3 Å². The molecule has 3 nitrogen and oxygen atoms in total. The fraction of sp³-hybridized carbons (Fsp3) is 0.692. The minimum atomic E-state index is -0.00282. The maximum absolute atomic E-state index is 6.56. The summed E-state index contributed by atoms with van der Waals surface area (Å²) >= 11 is 5.33. The van der Waals surface area contributed by atoms with Crippen LogP contribution in [0.25, 0.3) is 0 Å². The average molecular weight is 333 g/mol. The van der Waals surface area contributed by atoms with E-state index in [-0.39, 0.29) is 11.6 Å². The first kappa shape index (κ1) is 14.5. The molecule has 2 unspecified atom stereocenters. The monoisotopic (exact) mass is 332 g/mol. The van der Waals surface area contributed by atoms with Gasteiger partial charge < -0.3 is 10.5 Å². The molecule has 0 bridgehead atoms. The normalized spacial score (nSPS) is 22.7. The third kappa shape index (κ3) is 2.65. The van der Waals surface area contributed by atoms with Crippen LogP contribution in [-0.4, -0.2) is 36.7 Å². The summed E-state index contributed by atoms with van der Waals surface area (Å²) in [6.07, 6.45) is 1.04. The number of thiophene rings is 1. The van der Waals surface area contributed by atoms with E-state index in [1.165, 1.54) is 4.88 Å². The molecule has 0 radical (unpaired) electrons. The van der Waals surface area contributed by atoms with Crippen molar-refractivity contribution in [3.8, 4) is 0 Å². The Morgan fingerprint density at radius 3 is 2.72 bits per heavy atom. The van der Waals surface area contributed by atoms with Crippen LogP contribution in [0, 0.1) is 0 Å². The van der Waals surface area contributed by atoms with Gasteiger partial charge in [-0.25, -0.2) is 0 Å². The third-order valence-corrected chi connectivity index (χ3v) is 6.00. The molecule has 102 valence electrons. The van der Waals surface area contributed by atoms with Crippen molar-refractivity contribution in [2.45, 2.75) is 31.8 Å². The number of nitrogens with zero attached hydrogens (tertiary/aromatic N) is 1.